The number of anilines is 1. The molecule has 1 N–H and O–H groups in total. The minimum atomic E-state index is -0.106. The molecule has 118 valence electrons. The van der Waals surface area contributed by atoms with Gasteiger partial charge in [-0.15, -0.1) is 0 Å². The van der Waals surface area contributed by atoms with Crippen molar-refractivity contribution < 1.29 is 4.79 Å². The quantitative estimate of drug-likeness (QED) is 0.865. The molecule has 1 amide bonds. The monoisotopic (exact) mass is 325 g/mol. The van der Waals surface area contributed by atoms with Gasteiger partial charge >= 0.3 is 0 Å². The fourth-order valence-electron chi connectivity index (χ4n) is 2.18. The molecule has 0 unspecified atom stereocenters. The number of hydrogen-bond donors (Lipinski definition) is 1. The Bertz CT molecular complexity index is 794. The van der Waals surface area contributed by atoms with E-state index in [4.69, 9.17) is 0 Å². The molecule has 0 aliphatic heterocycles. The molecule has 4 nitrogen and oxygen atoms in total. The van der Waals surface area contributed by atoms with E-state index in [0.717, 1.165) is 28.1 Å². The van der Waals surface area contributed by atoms with Gasteiger partial charge in [-0.05, 0) is 50.5 Å². The Morgan fingerprint density at radius 1 is 1.22 bits per heavy atom. The molecule has 23 heavy (non-hydrogen) atoms. The van der Waals surface area contributed by atoms with Crippen LogP contribution in [0.1, 0.15) is 27.9 Å². The van der Waals surface area contributed by atoms with Gasteiger partial charge in [-0.1, -0.05) is 30.0 Å². The summed E-state index contributed by atoms with van der Waals surface area (Å²) in [4.78, 5) is 16.6. The molecule has 0 aliphatic rings. The number of para-hydroxylation sites is 1. The van der Waals surface area contributed by atoms with Crippen LogP contribution in [0.2, 0.25) is 0 Å². The molecule has 2 rings (SSSR count). The third kappa shape index (κ3) is 3.91. The minimum Gasteiger partial charge on any atom is -0.325 e. The lowest BCUT2D eigenvalue weighted by atomic mass is 10.1. The number of aromatic nitrogens is 1. The predicted octanol–water partition coefficient (Wildman–Crippen LogP) is 3.92. The van der Waals surface area contributed by atoms with Crippen molar-refractivity contribution in [2.45, 2.75) is 32.7 Å². The third-order valence-corrected chi connectivity index (χ3v) is 4.81. The first-order chi connectivity index (χ1) is 10.9. The number of nitrogens with zero attached hydrogens (tertiary/aromatic N) is 2. The number of nitriles is 1. The number of amides is 1. The number of thioether (sulfide) groups is 1. The van der Waals surface area contributed by atoms with Crippen LogP contribution in [0.15, 0.2) is 29.3 Å². The van der Waals surface area contributed by atoms with Crippen molar-refractivity contribution in [3.63, 3.8) is 0 Å². The van der Waals surface area contributed by atoms with Gasteiger partial charge in [0.2, 0.25) is 5.91 Å². The first-order valence-electron chi connectivity index (χ1n) is 7.30. The van der Waals surface area contributed by atoms with Gasteiger partial charge in [0.1, 0.15) is 11.1 Å². The molecule has 2 aromatic rings. The predicted molar refractivity (Wildman–Crippen MR) is 93.7 cm³/mol. The molecule has 0 spiro atoms. The summed E-state index contributed by atoms with van der Waals surface area (Å²) >= 11 is 1.30. The van der Waals surface area contributed by atoms with Gasteiger partial charge in [0.05, 0.1) is 11.3 Å². The second-order valence-corrected chi connectivity index (χ2v) is 6.35. The van der Waals surface area contributed by atoms with Gasteiger partial charge in [0.15, 0.2) is 0 Å². The molecule has 0 fully saturated rings. The Hall–Kier alpha value is -2.32. The average molecular weight is 325 g/mol. The number of pyridine rings is 1. The zero-order chi connectivity index (χ0) is 17.0. The number of rotatable bonds is 4. The van der Waals surface area contributed by atoms with E-state index >= 15 is 0 Å². The van der Waals surface area contributed by atoms with E-state index in [9.17, 15) is 10.1 Å². The lowest BCUT2D eigenvalue weighted by Crippen LogP contribution is -2.15. The number of nitrogens with one attached hydrogen (secondary N) is 1. The first kappa shape index (κ1) is 17.0. The van der Waals surface area contributed by atoms with Crippen LogP contribution in [-0.2, 0) is 4.79 Å². The molecular formula is C18H19N3OS. The van der Waals surface area contributed by atoms with E-state index in [1.165, 1.54) is 11.8 Å². The molecular weight excluding hydrogens is 306 g/mol. The van der Waals surface area contributed by atoms with Crippen molar-refractivity contribution in [3.8, 4) is 6.07 Å². The summed E-state index contributed by atoms with van der Waals surface area (Å²) < 4.78 is 0. The van der Waals surface area contributed by atoms with Gasteiger partial charge in [0.25, 0.3) is 0 Å². The Kier molecular flexibility index (Phi) is 5.41. The highest BCUT2D eigenvalue weighted by Gasteiger charge is 2.14. The standard InChI is InChI=1S/C18H19N3OS/c1-11-7-5-6-8-16(11)21-17(22)10-23-18-15(9-19)13(3)12(2)14(4)20-18/h5-8H,10H2,1-4H3,(H,21,22). The first-order valence-corrected chi connectivity index (χ1v) is 8.28. The lowest BCUT2D eigenvalue weighted by Gasteiger charge is -2.11. The van der Waals surface area contributed by atoms with Crippen molar-refractivity contribution in [1.82, 2.24) is 4.98 Å². The number of carbonyl (C=O) groups excluding carboxylic acids is 1. The molecule has 0 saturated carbocycles. The summed E-state index contributed by atoms with van der Waals surface area (Å²) in [5.41, 5.74) is 5.23. The van der Waals surface area contributed by atoms with Crippen LogP contribution in [0.5, 0.6) is 0 Å². The molecule has 0 aliphatic carbocycles. The van der Waals surface area contributed by atoms with Crippen molar-refractivity contribution in [3.05, 3.63) is 52.2 Å². The van der Waals surface area contributed by atoms with Crippen LogP contribution in [0.4, 0.5) is 5.69 Å². The van der Waals surface area contributed by atoms with Gasteiger partial charge in [0, 0.05) is 11.4 Å². The van der Waals surface area contributed by atoms with Gasteiger partial charge in [-0.25, -0.2) is 4.98 Å². The maximum absolute atomic E-state index is 12.1. The highest BCUT2D eigenvalue weighted by atomic mass is 32.2. The maximum atomic E-state index is 12.1. The van der Waals surface area contributed by atoms with E-state index in [0.29, 0.717) is 10.6 Å². The normalized spacial score (nSPS) is 10.2. The largest absolute Gasteiger partial charge is 0.325 e. The van der Waals surface area contributed by atoms with Crippen LogP contribution >= 0.6 is 11.8 Å². The zero-order valence-electron chi connectivity index (χ0n) is 13.7. The van der Waals surface area contributed by atoms with Crippen LogP contribution < -0.4 is 5.32 Å². The lowest BCUT2D eigenvalue weighted by molar-refractivity contribution is -0.113. The van der Waals surface area contributed by atoms with E-state index in [-0.39, 0.29) is 11.7 Å². The average Bonchev–Trinajstić information content (AvgIpc) is 2.53. The third-order valence-electron chi connectivity index (χ3n) is 3.83. The molecule has 0 saturated heterocycles. The smallest absolute Gasteiger partial charge is 0.234 e. The van der Waals surface area contributed by atoms with Gasteiger partial charge < -0.3 is 5.32 Å². The van der Waals surface area contributed by atoms with E-state index in [1.807, 2.05) is 52.0 Å². The molecule has 5 heteroatoms. The fraction of sp³-hybridized carbons (Fsp3) is 0.278. The number of benzene rings is 1. The van der Waals surface area contributed by atoms with Crippen LogP contribution in [-0.4, -0.2) is 16.6 Å². The van der Waals surface area contributed by atoms with E-state index in [1.54, 1.807) is 0 Å². The minimum absolute atomic E-state index is 0.106. The Labute approximate surface area is 140 Å². The van der Waals surface area contributed by atoms with E-state index in [2.05, 4.69) is 16.4 Å². The highest BCUT2D eigenvalue weighted by molar-refractivity contribution is 8.00. The summed E-state index contributed by atoms with van der Waals surface area (Å²) in [5, 5.41) is 12.9. The second-order valence-electron chi connectivity index (χ2n) is 5.39. The highest BCUT2D eigenvalue weighted by Crippen LogP contribution is 2.26. The Morgan fingerprint density at radius 3 is 2.57 bits per heavy atom. The molecule has 0 radical (unpaired) electrons. The van der Waals surface area contributed by atoms with Crippen molar-refractivity contribution in [2.75, 3.05) is 11.1 Å². The molecule has 0 atom stereocenters. The molecule has 1 heterocycles. The second kappa shape index (κ2) is 7.30. The van der Waals surface area contributed by atoms with Crippen molar-refractivity contribution >= 4 is 23.4 Å². The van der Waals surface area contributed by atoms with E-state index < -0.39 is 0 Å². The number of carbonyl (C=O) groups is 1. The number of hydrogen-bond acceptors (Lipinski definition) is 4. The van der Waals surface area contributed by atoms with Crippen molar-refractivity contribution in [1.29, 1.82) is 5.26 Å². The topological polar surface area (TPSA) is 65.8 Å². The Morgan fingerprint density at radius 2 is 1.91 bits per heavy atom. The van der Waals surface area contributed by atoms with Crippen LogP contribution in [0.25, 0.3) is 0 Å². The Balaban J connectivity index is 2.11. The van der Waals surface area contributed by atoms with Gasteiger partial charge in [-0.2, -0.15) is 5.26 Å². The van der Waals surface area contributed by atoms with Crippen LogP contribution in [0.3, 0.4) is 0 Å². The van der Waals surface area contributed by atoms with Crippen molar-refractivity contribution in [2.24, 2.45) is 0 Å². The SMILES string of the molecule is Cc1ccccc1NC(=O)CSc1nc(C)c(C)c(C)c1C#N. The summed E-state index contributed by atoms with van der Waals surface area (Å²) in [6, 6.07) is 9.84. The summed E-state index contributed by atoms with van der Waals surface area (Å²) in [7, 11) is 0. The van der Waals surface area contributed by atoms with Crippen LogP contribution in [0, 0.1) is 39.0 Å². The summed E-state index contributed by atoms with van der Waals surface area (Å²) in [6.45, 7) is 7.74. The summed E-state index contributed by atoms with van der Waals surface area (Å²) in [5.74, 6) is 0.115. The van der Waals surface area contributed by atoms with Gasteiger partial charge in [-0.3, -0.25) is 4.79 Å². The fourth-order valence-corrected chi connectivity index (χ4v) is 3.07. The number of aryl methyl sites for hydroxylation is 2. The zero-order valence-corrected chi connectivity index (χ0v) is 14.5. The summed E-state index contributed by atoms with van der Waals surface area (Å²) in [6.07, 6.45) is 0. The molecule has 0 bridgehead atoms. The molecule has 1 aromatic carbocycles. The maximum Gasteiger partial charge on any atom is 0.234 e. The molecule has 1 aromatic heterocycles.